The van der Waals surface area contributed by atoms with Crippen molar-refractivity contribution in [1.29, 1.82) is 0 Å². The normalized spacial score (nSPS) is 13.5. The summed E-state index contributed by atoms with van der Waals surface area (Å²) in [6.45, 7) is 3.62. The quantitative estimate of drug-likeness (QED) is 0.362. The lowest BCUT2D eigenvalue weighted by atomic mass is 10.2. The molecule has 0 fully saturated rings. The molecule has 1 aliphatic heterocycles. The number of anilines is 2. The highest BCUT2D eigenvalue weighted by atomic mass is 32.2. The minimum atomic E-state index is -4.34. The Morgan fingerprint density at radius 3 is 2.49 bits per heavy atom. The highest BCUT2D eigenvalue weighted by molar-refractivity contribution is 7.85. The van der Waals surface area contributed by atoms with Crippen molar-refractivity contribution in [3.8, 4) is 5.75 Å². The van der Waals surface area contributed by atoms with E-state index in [1.807, 2.05) is 6.92 Å². The maximum absolute atomic E-state index is 11.5. The number of carboxylic acids is 1. The fourth-order valence-corrected chi connectivity index (χ4v) is 4.89. The lowest BCUT2D eigenvalue weighted by Gasteiger charge is -2.25. The summed E-state index contributed by atoms with van der Waals surface area (Å²) >= 11 is 1.51. The molecule has 0 radical (unpaired) electrons. The van der Waals surface area contributed by atoms with E-state index >= 15 is 0 Å². The van der Waals surface area contributed by atoms with Crippen LogP contribution in [0.25, 0.3) is 0 Å². The third-order valence-electron chi connectivity index (χ3n) is 5.04. The van der Waals surface area contributed by atoms with Crippen LogP contribution in [0.3, 0.4) is 0 Å². The number of thiazole rings is 1. The van der Waals surface area contributed by atoms with Crippen LogP contribution in [0, 0.1) is 0 Å². The van der Waals surface area contributed by atoms with Crippen molar-refractivity contribution in [2.24, 2.45) is 5.10 Å². The molecule has 0 spiro atoms. The van der Waals surface area contributed by atoms with Crippen LogP contribution in [0.4, 0.5) is 10.8 Å². The summed E-state index contributed by atoms with van der Waals surface area (Å²) in [7, 11) is -4.34. The molecular formula is C22H23N5O6S2. The first-order valence-corrected chi connectivity index (χ1v) is 12.9. The summed E-state index contributed by atoms with van der Waals surface area (Å²) in [4.78, 5) is 16.5. The van der Waals surface area contributed by atoms with Gasteiger partial charge in [0, 0.05) is 10.4 Å². The Balaban J connectivity index is 1.72. The number of carboxylic acid groups (broad SMARTS) is 1. The Morgan fingerprint density at radius 2 is 1.89 bits per heavy atom. The fraction of sp³-hybridized carbons (Fsp3) is 0.227. The van der Waals surface area contributed by atoms with Crippen molar-refractivity contribution >= 4 is 44.1 Å². The smallest absolute Gasteiger partial charge is 0.341 e. The number of ether oxygens (including phenoxy) is 1. The number of aliphatic carboxylic acids is 1. The number of hydrogen-bond donors (Lipinski definition) is 3. The van der Waals surface area contributed by atoms with Gasteiger partial charge in [0.1, 0.15) is 5.75 Å². The first kappa shape index (κ1) is 24.4. The second-order valence-corrected chi connectivity index (χ2v) is 9.90. The van der Waals surface area contributed by atoms with Gasteiger partial charge in [0.2, 0.25) is 5.13 Å². The monoisotopic (exact) mass is 517 g/mol. The number of nitrogens with one attached hydrogen (secondary N) is 1. The van der Waals surface area contributed by atoms with Gasteiger partial charge in [0.15, 0.2) is 12.4 Å². The standard InChI is InChI=1S/C22H23N5O6S2/c1-3-18-19(4-2)34-22(23-18)27-25-21(14-6-5-7-16(12-14)33-13-20(28)29)24-26(27)15-8-10-17(11-9-15)35(30,31)32/h5-12H,3-4,13H2,1-2H3,(H,24,25)(H,28,29)(H,30,31,32). The molecule has 35 heavy (non-hydrogen) atoms. The van der Waals surface area contributed by atoms with Crippen molar-refractivity contribution in [2.45, 2.75) is 31.6 Å². The predicted octanol–water partition coefficient (Wildman–Crippen LogP) is 3.09. The number of carbonyl (C=O) groups is 1. The number of rotatable bonds is 9. The molecule has 0 bridgehead atoms. The molecule has 2 heterocycles. The van der Waals surface area contributed by atoms with Crippen LogP contribution < -0.4 is 20.4 Å². The molecule has 0 unspecified atom stereocenters. The molecule has 0 saturated carbocycles. The zero-order chi connectivity index (χ0) is 25.2. The van der Waals surface area contributed by atoms with E-state index in [1.54, 1.807) is 29.4 Å². The first-order valence-electron chi connectivity index (χ1n) is 10.7. The number of aromatic nitrogens is 1. The summed E-state index contributed by atoms with van der Waals surface area (Å²) in [6.07, 6.45) is 1.60. The summed E-state index contributed by atoms with van der Waals surface area (Å²) in [5.41, 5.74) is 5.35. The molecule has 11 nitrogen and oxygen atoms in total. The Kier molecular flexibility index (Phi) is 6.91. The summed E-state index contributed by atoms with van der Waals surface area (Å²) < 4.78 is 37.5. The molecule has 3 N–H and O–H groups in total. The minimum absolute atomic E-state index is 0.233. The molecule has 0 atom stereocenters. The van der Waals surface area contributed by atoms with Crippen LogP contribution in [0.2, 0.25) is 0 Å². The Bertz CT molecular complexity index is 1350. The van der Waals surface area contributed by atoms with Gasteiger partial charge in [-0.05, 0) is 49.2 Å². The Hall–Kier alpha value is -3.68. The molecule has 184 valence electrons. The minimum Gasteiger partial charge on any atom is -0.482 e. The van der Waals surface area contributed by atoms with E-state index in [1.165, 1.54) is 40.7 Å². The number of hydrogen-bond acceptors (Lipinski definition) is 10. The molecule has 2 aromatic carbocycles. The third-order valence-corrected chi connectivity index (χ3v) is 7.12. The maximum atomic E-state index is 11.5. The van der Waals surface area contributed by atoms with E-state index in [-0.39, 0.29) is 4.90 Å². The number of aryl methyl sites for hydroxylation is 2. The summed E-state index contributed by atoms with van der Waals surface area (Å²) in [5, 5.41) is 17.3. The average molecular weight is 518 g/mol. The number of nitrogens with zero attached hydrogens (tertiary/aromatic N) is 4. The molecule has 3 aromatic rings. The van der Waals surface area contributed by atoms with Crippen molar-refractivity contribution in [3.63, 3.8) is 0 Å². The van der Waals surface area contributed by atoms with Crippen LogP contribution in [-0.2, 0) is 27.8 Å². The molecule has 0 saturated heterocycles. The van der Waals surface area contributed by atoms with E-state index in [4.69, 9.17) is 14.8 Å². The second-order valence-electron chi connectivity index (χ2n) is 7.41. The lowest BCUT2D eigenvalue weighted by Crippen LogP contribution is -2.44. The van der Waals surface area contributed by atoms with Gasteiger partial charge in [0.25, 0.3) is 10.1 Å². The van der Waals surface area contributed by atoms with E-state index in [2.05, 4.69) is 17.5 Å². The molecule has 1 aromatic heterocycles. The largest absolute Gasteiger partial charge is 0.482 e. The highest BCUT2D eigenvalue weighted by Gasteiger charge is 2.30. The van der Waals surface area contributed by atoms with Crippen LogP contribution in [0.5, 0.6) is 5.75 Å². The molecular weight excluding hydrogens is 494 g/mol. The van der Waals surface area contributed by atoms with Gasteiger partial charge in [-0.1, -0.05) is 37.3 Å². The summed E-state index contributed by atoms with van der Waals surface area (Å²) in [6, 6.07) is 12.4. The number of hydrazine groups is 2. The fourth-order valence-electron chi connectivity index (χ4n) is 3.38. The van der Waals surface area contributed by atoms with Crippen molar-refractivity contribution < 1.29 is 27.6 Å². The van der Waals surface area contributed by atoms with Gasteiger partial charge in [-0.25, -0.2) is 9.78 Å². The predicted molar refractivity (Wildman–Crippen MR) is 131 cm³/mol. The second kappa shape index (κ2) is 9.90. The van der Waals surface area contributed by atoms with Gasteiger partial charge < -0.3 is 9.84 Å². The van der Waals surface area contributed by atoms with Gasteiger partial charge in [-0.2, -0.15) is 8.42 Å². The molecule has 1 aliphatic rings. The topological polar surface area (TPSA) is 145 Å². The van der Waals surface area contributed by atoms with Crippen molar-refractivity contribution in [2.75, 3.05) is 16.8 Å². The van der Waals surface area contributed by atoms with Crippen LogP contribution in [0.15, 0.2) is 58.5 Å². The van der Waals surface area contributed by atoms with Gasteiger partial charge in [-0.3, -0.25) is 9.98 Å². The zero-order valence-electron chi connectivity index (χ0n) is 18.9. The first-order chi connectivity index (χ1) is 16.7. The van der Waals surface area contributed by atoms with E-state index < -0.39 is 22.7 Å². The molecule has 13 heteroatoms. The van der Waals surface area contributed by atoms with E-state index in [9.17, 15) is 17.8 Å². The van der Waals surface area contributed by atoms with Crippen LogP contribution >= 0.6 is 11.3 Å². The van der Waals surface area contributed by atoms with Crippen molar-refractivity contribution in [3.05, 3.63) is 64.7 Å². The number of hydrazone groups is 1. The average Bonchev–Trinajstić information content (AvgIpc) is 3.47. The zero-order valence-corrected chi connectivity index (χ0v) is 20.5. The van der Waals surface area contributed by atoms with Gasteiger partial charge >= 0.3 is 5.97 Å². The van der Waals surface area contributed by atoms with Crippen LogP contribution in [0.1, 0.15) is 30.0 Å². The summed E-state index contributed by atoms with van der Waals surface area (Å²) in [5.74, 6) is -0.275. The van der Waals surface area contributed by atoms with E-state index in [0.717, 1.165) is 23.4 Å². The highest BCUT2D eigenvalue weighted by Crippen LogP contribution is 2.32. The molecule has 0 amide bonds. The molecule has 0 aliphatic carbocycles. The van der Waals surface area contributed by atoms with Crippen molar-refractivity contribution in [1.82, 2.24) is 10.4 Å². The number of benzene rings is 2. The van der Waals surface area contributed by atoms with Crippen LogP contribution in [-0.4, -0.2) is 41.5 Å². The lowest BCUT2D eigenvalue weighted by molar-refractivity contribution is -0.139. The Labute approximate surface area is 206 Å². The van der Waals surface area contributed by atoms with E-state index in [0.29, 0.717) is 28.0 Å². The Morgan fingerprint density at radius 1 is 1.14 bits per heavy atom. The van der Waals surface area contributed by atoms with Gasteiger partial charge in [0.05, 0.1) is 16.3 Å². The maximum Gasteiger partial charge on any atom is 0.341 e. The number of amidine groups is 1. The van der Waals surface area contributed by atoms with Gasteiger partial charge in [-0.15, -0.1) is 15.3 Å². The third kappa shape index (κ3) is 5.37. The molecule has 4 rings (SSSR count). The SMILES string of the molecule is CCc1nc(N2NC(c3cccc(OCC(=O)O)c3)=NN2c2ccc(S(=O)(=O)O)cc2)sc1CC.